The second-order valence-corrected chi connectivity index (χ2v) is 10.2. The predicted octanol–water partition coefficient (Wildman–Crippen LogP) is 3.54. The number of aromatic nitrogens is 2. The number of likely N-dealkylation sites (tertiary alicyclic amines) is 1. The summed E-state index contributed by atoms with van der Waals surface area (Å²) in [7, 11) is 1.78. The number of oxazole rings is 1. The molecule has 2 aliphatic heterocycles. The Morgan fingerprint density at radius 1 is 1.34 bits per heavy atom. The molecule has 0 aliphatic carbocycles. The van der Waals surface area contributed by atoms with Gasteiger partial charge in [-0.2, -0.15) is 0 Å². The minimum atomic E-state index is -0.393. The van der Waals surface area contributed by atoms with E-state index in [1.807, 2.05) is 6.20 Å². The number of carbonyl (C=O) groups is 2. The van der Waals surface area contributed by atoms with Crippen molar-refractivity contribution in [2.75, 3.05) is 25.0 Å². The molecular weight excluding hydrogens is 473 g/mol. The van der Waals surface area contributed by atoms with E-state index in [9.17, 15) is 14.0 Å². The third kappa shape index (κ3) is 4.19. The molecule has 184 valence electrons. The average molecular weight is 500 g/mol. The highest BCUT2D eigenvalue weighted by Gasteiger charge is 2.47. The van der Waals surface area contributed by atoms with Crippen LogP contribution in [-0.2, 0) is 7.05 Å². The molecule has 0 spiro atoms. The minimum Gasteiger partial charge on any atom is -0.489 e. The summed E-state index contributed by atoms with van der Waals surface area (Å²) in [5, 5.41) is 2.83. The fourth-order valence-corrected chi connectivity index (χ4v) is 5.62. The first-order chi connectivity index (χ1) is 16.7. The van der Waals surface area contributed by atoms with Gasteiger partial charge in [-0.1, -0.05) is 6.92 Å². The van der Waals surface area contributed by atoms with E-state index in [1.54, 1.807) is 36.4 Å². The lowest BCUT2D eigenvalue weighted by Gasteiger charge is -2.32. The Balaban J connectivity index is 1.36. The second-order valence-electron chi connectivity index (χ2n) is 9.36. The highest BCUT2D eigenvalue weighted by atomic mass is 32.2. The maximum Gasteiger partial charge on any atom is 0.276 e. The standard InChI is InChI=1S/C24H26FN5O4S/c1-13-7-15(5-6-16(13)25)27-22(31)20-21-17(8-29(20)4)35-28-18-9-30(10-24(18,3)11-33-21)23(32)19-14(2)34-12-26-19/h5-8,12,18,28H,9-11H2,1-4H3,(H,27,31)/t18-,24-/m1/s1. The van der Waals surface area contributed by atoms with Crippen LogP contribution >= 0.6 is 11.9 Å². The van der Waals surface area contributed by atoms with E-state index in [2.05, 4.69) is 21.9 Å². The van der Waals surface area contributed by atoms with Crippen molar-refractivity contribution >= 4 is 29.4 Å². The zero-order chi connectivity index (χ0) is 24.9. The van der Waals surface area contributed by atoms with Gasteiger partial charge in [-0.25, -0.2) is 9.37 Å². The van der Waals surface area contributed by atoms with Crippen molar-refractivity contribution in [2.45, 2.75) is 31.7 Å². The molecule has 0 bridgehead atoms. The zero-order valence-electron chi connectivity index (χ0n) is 19.8. The maximum absolute atomic E-state index is 13.6. The van der Waals surface area contributed by atoms with Gasteiger partial charge in [0.15, 0.2) is 23.5 Å². The molecule has 1 saturated heterocycles. The number of fused-ring (bicyclic) bond motifs is 2. The third-order valence-electron chi connectivity index (χ3n) is 6.62. The fourth-order valence-electron chi connectivity index (χ4n) is 4.53. The van der Waals surface area contributed by atoms with Crippen molar-refractivity contribution in [3.8, 4) is 5.75 Å². The van der Waals surface area contributed by atoms with Crippen LogP contribution in [0.25, 0.3) is 0 Å². The molecular formula is C24H26FN5O4S. The number of hydrogen-bond acceptors (Lipinski definition) is 7. The van der Waals surface area contributed by atoms with Gasteiger partial charge in [0.2, 0.25) is 0 Å². The second kappa shape index (κ2) is 8.72. The van der Waals surface area contributed by atoms with Crippen molar-refractivity contribution in [1.29, 1.82) is 0 Å². The number of nitrogens with zero attached hydrogens (tertiary/aromatic N) is 3. The number of halogens is 1. The van der Waals surface area contributed by atoms with E-state index in [4.69, 9.17) is 9.15 Å². The summed E-state index contributed by atoms with van der Waals surface area (Å²) in [6, 6.07) is 4.40. The lowest BCUT2D eigenvalue weighted by atomic mass is 9.87. The van der Waals surface area contributed by atoms with E-state index >= 15 is 0 Å². The smallest absolute Gasteiger partial charge is 0.276 e. The van der Waals surface area contributed by atoms with Crippen LogP contribution in [0.15, 0.2) is 40.1 Å². The lowest BCUT2D eigenvalue weighted by Crippen LogP contribution is -2.44. The van der Waals surface area contributed by atoms with Crippen molar-refractivity contribution < 1.29 is 23.1 Å². The molecule has 2 N–H and O–H groups in total. The number of ether oxygens (including phenoxy) is 1. The molecule has 3 aromatic rings. The Hall–Kier alpha value is -3.31. The molecule has 5 rings (SSSR count). The van der Waals surface area contributed by atoms with Crippen LogP contribution in [0.5, 0.6) is 5.75 Å². The lowest BCUT2D eigenvalue weighted by molar-refractivity contribution is 0.0751. The predicted molar refractivity (Wildman–Crippen MR) is 128 cm³/mol. The van der Waals surface area contributed by atoms with Crippen LogP contribution in [0.3, 0.4) is 0 Å². The average Bonchev–Trinajstić information content (AvgIpc) is 3.47. The zero-order valence-corrected chi connectivity index (χ0v) is 20.7. The molecule has 11 heteroatoms. The molecule has 2 aromatic heterocycles. The van der Waals surface area contributed by atoms with Gasteiger partial charge in [-0.15, -0.1) is 0 Å². The molecule has 1 aromatic carbocycles. The summed E-state index contributed by atoms with van der Waals surface area (Å²) in [6.07, 6.45) is 3.11. The van der Waals surface area contributed by atoms with Crippen LogP contribution in [0.1, 0.15) is 39.2 Å². The number of benzene rings is 1. The van der Waals surface area contributed by atoms with Gasteiger partial charge in [0.1, 0.15) is 11.6 Å². The molecule has 0 radical (unpaired) electrons. The number of rotatable bonds is 3. The number of hydrogen-bond donors (Lipinski definition) is 2. The van der Waals surface area contributed by atoms with E-state index in [0.29, 0.717) is 53.8 Å². The largest absolute Gasteiger partial charge is 0.489 e. The van der Waals surface area contributed by atoms with Gasteiger partial charge in [-0.05, 0) is 49.6 Å². The van der Waals surface area contributed by atoms with Crippen molar-refractivity contribution in [3.05, 3.63) is 59.3 Å². The van der Waals surface area contributed by atoms with Crippen molar-refractivity contribution in [1.82, 2.24) is 19.2 Å². The van der Waals surface area contributed by atoms with Gasteiger partial charge in [0.25, 0.3) is 11.8 Å². The topological polar surface area (TPSA) is 102 Å². The number of amides is 2. The number of carbonyl (C=O) groups excluding carboxylic acids is 2. The summed E-state index contributed by atoms with van der Waals surface area (Å²) in [4.78, 5) is 32.8. The molecule has 9 nitrogen and oxygen atoms in total. The first-order valence-electron chi connectivity index (χ1n) is 11.2. The monoisotopic (exact) mass is 499 g/mol. The Kier molecular flexibility index (Phi) is 5.84. The SMILES string of the molecule is Cc1cc(NC(=O)c2c3c(cn2C)SN[C@@H]2CN(C(=O)c4ncoc4C)C[C@]2(C)CO3)ccc1F. The minimum absolute atomic E-state index is 0.0310. The molecule has 2 aliphatic rings. The van der Waals surface area contributed by atoms with Crippen LogP contribution < -0.4 is 14.8 Å². The van der Waals surface area contributed by atoms with Crippen molar-refractivity contribution in [3.63, 3.8) is 0 Å². The van der Waals surface area contributed by atoms with Crippen LogP contribution in [0, 0.1) is 25.1 Å². The summed E-state index contributed by atoms with van der Waals surface area (Å²) >= 11 is 1.38. The van der Waals surface area contributed by atoms with E-state index in [-0.39, 0.29) is 23.7 Å². The molecule has 2 atom stereocenters. The van der Waals surface area contributed by atoms with Crippen LogP contribution in [0.4, 0.5) is 10.1 Å². The summed E-state index contributed by atoms with van der Waals surface area (Å²) in [5.74, 6) is 0.0980. The van der Waals surface area contributed by atoms with E-state index in [1.165, 1.54) is 30.5 Å². The van der Waals surface area contributed by atoms with Crippen LogP contribution in [-0.4, -0.2) is 52.0 Å². The van der Waals surface area contributed by atoms with E-state index in [0.717, 1.165) is 4.90 Å². The molecule has 2 amide bonds. The fraction of sp³-hybridized carbons (Fsp3) is 0.375. The van der Waals surface area contributed by atoms with Gasteiger partial charge < -0.3 is 23.9 Å². The Bertz CT molecular complexity index is 1320. The quantitative estimate of drug-likeness (QED) is 0.532. The summed E-state index contributed by atoms with van der Waals surface area (Å²) < 4.78 is 30.3. The normalized spacial score (nSPS) is 21.5. The first kappa shape index (κ1) is 23.4. The highest BCUT2D eigenvalue weighted by Crippen LogP contribution is 2.41. The maximum atomic E-state index is 13.6. The molecule has 0 saturated carbocycles. The number of nitrogens with one attached hydrogen (secondary N) is 2. The van der Waals surface area contributed by atoms with E-state index < -0.39 is 5.41 Å². The summed E-state index contributed by atoms with van der Waals surface area (Å²) in [5.41, 5.74) is 1.23. The Morgan fingerprint density at radius 2 is 2.14 bits per heavy atom. The van der Waals surface area contributed by atoms with Gasteiger partial charge in [-0.3, -0.25) is 14.3 Å². The number of aryl methyl sites for hydroxylation is 3. The van der Waals surface area contributed by atoms with Gasteiger partial charge in [0.05, 0.1) is 11.5 Å². The first-order valence-corrected chi connectivity index (χ1v) is 12.0. The van der Waals surface area contributed by atoms with Crippen LogP contribution in [0.2, 0.25) is 0 Å². The third-order valence-corrected chi connectivity index (χ3v) is 7.53. The Labute approximate surface area is 206 Å². The van der Waals surface area contributed by atoms with Gasteiger partial charge >= 0.3 is 0 Å². The Morgan fingerprint density at radius 3 is 2.86 bits per heavy atom. The highest BCUT2D eigenvalue weighted by molar-refractivity contribution is 7.97. The molecule has 4 heterocycles. The van der Waals surface area contributed by atoms with Crippen molar-refractivity contribution in [2.24, 2.45) is 12.5 Å². The van der Waals surface area contributed by atoms with Gasteiger partial charge in [0, 0.05) is 43.5 Å². The molecule has 1 fully saturated rings. The summed E-state index contributed by atoms with van der Waals surface area (Å²) in [6.45, 7) is 6.69. The molecule has 0 unspecified atom stereocenters. The number of anilines is 1. The molecule has 35 heavy (non-hydrogen) atoms.